The first kappa shape index (κ1) is 22.2. The highest BCUT2D eigenvalue weighted by molar-refractivity contribution is 6.31. The van der Waals surface area contributed by atoms with Crippen molar-refractivity contribution >= 4 is 23.1 Å². The second-order valence-corrected chi connectivity index (χ2v) is 8.98. The highest BCUT2D eigenvalue weighted by Gasteiger charge is 2.33. The monoisotopic (exact) mass is 506 g/mol. The third kappa shape index (κ3) is 3.68. The predicted molar refractivity (Wildman–Crippen MR) is 129 cm³/mol. The van der Waals surface area contributed by atoms with E-state index < -0.39 is 17.9 Å². The molecule has 0 radical (unpaired) electrons. The molecule has 1 aromatic carbocycles. The van der Waals surface area contributed by atoms with Gasteiger partial charge in [-0.3, -0.25) is 4.79 Å². The first-order chi connectivity index (χ1) is 17.4. The maximum atomic E-state index is 15.0. The van der Waals surface area contributed by atoms with E-state index in [2.05, 4.69) is 25.5 Å². The van der Waals surface area contributed by atoms with Gasteiger partial charge < -0.3 is 10.3 Å². The Hall–Kier alpha value is -4.25. The van der Waals surface area contributed by atoms with E-state index in [1.165, 1.54) is 29.2 Å². The number of hydrogen-bond acceptors (Lipinski definition) is 7. The van der Waals surface area contributed by atoms with Crippen molar-refractivity contribution in [1.82, 2.24) is 29.8 Å². The smallest absolute Gasteiger partial charge is 0.251 e. The molecule has 0 saturated carbocycles. The Balaban J connectivity index is 1.36. The number of pyridine rings is 2. The van der Waals surface area contributed by atoms with Crippen LogP contribution in [0.4, 0.5) is 14.6 Å². The average molecular weight is 507 g/mol. The van der Waals surface area contributed by atoms with E-state index in [0.717, 1.165) is 5.69 Å². The molecule has 12 heteroatoms. The second-order valence-electron chi connectivity index (χ2n) is 8.54. The Morgan fingerprint density at radius 1 is 1.08 bits per heavy atom. The third-order valence-electron chi connectivity index (χ3n) is 6.44. The standard InChI is InChI=1S/C24H17ClF2N8O/c25-13-1-4-19(34-11-29-32-33-34)16(9-13)12-7-14-2-5-20(35(14)22(36)8-12)17-10-18(30-24(17)27)15-3-6-21(28)31-23(15)26/h1,3-4,6-9,11,20H,2,5,10H2,(H2,28,31)/t20-/m0/s1. The van der Waals surface area contributed by atoms with Gasteiger partial charge in [0.25, 0.3) is 5.56 Å². The van der Waals surface area contributed by atoms with Crippen molar-refractivity contribution in [2.75, 3.05) is 5.73 Å². The van der Waals surface area contributed by atoms with Crippen LogP contribution in [0, 0.1) is 5.95 Å². The summed E-state index contributed by atoms with van der Waals surface area (Å²) in [5.74, 6) is -1.49. The van der Waals surface area contributed by atoms with Crippen LogP contribution in [0.1, 0.15) is 30.1 Å². The zero-order valence-electron chi connectivity index (χ0n) is 18.6. The van der Waals surface area contributed by atoms with Gasteiger partial charge in [0.2, 0.25) is 11.9 Å². The maximum Gasteiger partial charge on any atom is 0.251 e. The van der Waals surface area contributed by atoms with Crippen molar-refractivity contribution in [3.63, 3.8) is 0 Å². The summed E-state index contributed by atoms with van der Waals surface area (Å²) in [6, 6.07) is 10.9. The first-order valence-electron chi connectivity index (χ1n) is 11.1. The topological polar surface area (TPSA) is 117 Å². The van der Waals surface area contributed by atoms with Crippen LogP contribution in [0.15, 0.2) is 70.1 Å². The van der Waals surface area contributed by atoms with E-state index in [1.54, 1.807) is 22.8 Å². The molecular weight excluding hydrogens is 490 g/mol. The zero-order valence-corrected chi connectivity index (χ0v) is 19.3. The lowest BCUT2D eigenvalue weighted by atomic mass is 9.99. The molecule has 4 aromatic rings. The summed E-state index contributed by atoms with van der Waals surface area (Å²) in [5, 5.41) is 11.8. The van der Waals surface area contributed by atoms with E-state index in [0.29, 0.717) is 40.3 Å². The lowest BCUT2D eigenvalue weighted by molar-refractivity contribution is 0.538. The molecule has 0 spiro atoms. The normalized spacial score (nSPS) is 17.0. The van der Waals surface area contributed by atoms with E-state index in [1.807, 2.05) is 6.07 Å². The molecule has 0 amide bonds. The fraction of sp³-hybridized carbons (Fsp3) is 0.167. The van der Waals surface area contributed by atoms with Crippen molar-refractivity contribution in [3.8, 4) is 16.8 Å². The molecule has 0 unspecified atom stereocenters. The molecule has 2 aliphatic heterocycles. The number of anilines is 1. The Morgan fingerprint density at radius 2 is 1.94 bits per heavy atom. The molecule has 2 aliphatic rings. The predicted octanol–water partition coefficient (Wildman–Crippen LogP) is 3.82. The van der Waals surface area contributed by atoms with Gasteiger partial charge in [0, 0.05) is 34.3 Å². The SMILES string of the molecule is Nc1ccc(C2=NC(F)=C([C@@H]3CCc4cc(-c5cc(Cl)ccc5-n5cnnn5)cc(=O)n43)C2)c(F)n1. The third-order valence-corrected chi connectivity index (χ3v) is 6.67. The summed E-state index contributed by atoms with van der Waals surface area (Å²) in [6.07, 6.45) is 2.60. The van der Waals surface area contributed by atoms with Crippen molar-refractivity contribution in [3.05, 3.63) is 92.9 Å². The van der Waals surface area contributed by atoms with Crippen LogP contribution in [0.25, 0.3) is 16.8 Å². The van der Waals surface area contributed by atoms with Crippen molar-refractivity contribution < 1.29 is 8.78 Å². The van der Waals surface area contributed by atoms with Gasteiger partial charge in [0.1, 0.15) is 12.1 Å². The molecular formula is C24H17ClF2N8O. The molecule has 1 atom stereocenters. The zero-order chi connectivity index (χ0) is 25.0. The van der Waals surface area contributed by atoms with Crippen molar-refractivity contribution in [2.45, 2.75) is 25.3 Å². The number of rotatable bonds is 4. The lowest BCUT2D eigenvalue weighted by Crippen LogP contribution is -2.24. The van der Waals surface area contributed by atoms with Crippen LogP contribution < -0.4 is 11.3 Å². The van der Waals surface area contributed by atoms with E-state index >= 15 is 0 Å². The summed E-state index contributed by atoms with van der Waals surface area (Å²) in [6.45, 7) is 0. The Morgan fingerprint density at radius 3 is 2.72 bits per heavy atom. The van der Waals surface area contributed by atoms with Gasteiger partial charge in [0.15, 0.2) is 0 Å². The van der Waals surface area contributed by atoms with Crippen LogP contribution in [0.2, 0.25) is 5.02 Å². The number of nitrogens with zero attached hydrogens (tertiary/aromatic N) is 7. The Kier molecular flexibility index (Phi) is 5.22. The van der Waals surface area contributed by atoms with Gasteiger partial charge in [-0.15, -0.1) is 5.10 Å². The molecule has 3 aromatic heterocycles. The first-order valence-corrected chi connectivity index (χ1v) is 11.4. The molecule has 0 fully saturated rings. The minimum atomic E-state index is -0.809. The van der Waals surface area contributed by atoms with E-state index in [4.69, 9.17) is 17.3 Å². The number of aromatic nitrogens is 6. The van der Waals surface area contributed by atoms with Crippen molar-refractivity contribution in [2.24, 2.45) is 4.99 Å². The number of nitrogens with two attached hydrogens (primary N) is 1. The van der Waals surface area contributed by atoms with Crippen LogP contribution in [0.3, 0.4) is 0 Å². The highest BCUT2D eigenvalue weighted by atomic mass is 35.5. The van der Waals surface area contributed by atoms with E-state index in [-0.39, 0.29) is 29.1 Å². The summed E-state index contributed by atoms with van der Waals surface area (Å²) in [4.78, 5) is 20.9. The van der Waals surface area contributed by atoms with Gasteiger partial charge in [-0.05, 0) is 65.2 Å². The van der Waals surface area contributed by atoms with Crippen LogP contribution >= 0.6 is 11.6 Å². The number of aliphatic imine (C=N–C) groups is 1. The van der Waals surface area contributed by atoms with Crippen LogP contribution in [0.5, 0.6) is 0 Å². The summed E-state index contributed by atoms with van der Waals surface area (Å²) in [5.41, 5.74) is 8.61. The Labute approximate surface area is 207 Å². The molecule has 2 N–H and O–H groups in total. The van der Waals surface area contributed by atoms with Gasteiger partial charge in [-0.25, -0.2) is 9.98 Å². The number of halogens is 3. The van der Waals surface area contributed by atoms with Gasteiger partial charge >= 0.3 is 0 Å². The largest absolute Gasteiger partial charge is 0.384 e. The molecule has 36 heavy (non-hydrogen) atoms. The van der Waals surface area contributed by atoms with Crippen LogP contribution in [-0.2, 0) is 6.42 Å². The van der Waals surface area contributed by atoms with Crippen LogP contribution in [-0.4, -0.2) is 35.5 Å². The van der Waals surface area contributed by atoms with Crippen molar-refractivity contribution in [1.29, 1.82) is 0 Å². The summed E-state index contributed by atoms with van der Waals surface area (Å²) < 4.78 is 32.4. The lowest BCUT2D eigenvalue weighted by Gasteiger charge is -2.17. The average Bonchev–Trinajstić information content (AvgIpc) is 3.59. The molecule has 180 valence electrons. The van der Waals surface area contributed by atoms with Gasteiger partial charge in [-0.1, -0.05) is 11.6 Å². The van der Waals surface area contributed by atoms with Gasteiger partial charge in [-0.2, -0.15) is 13.5 Å². The molecule has 0 saturated heterocycles. The summed E-state index contributed by atoms with van der Waals surface area (Å²) >= 11 is 6.25. The molecule has 6 rings (SSSR count). The molecule has 0 bridgehead atoms. The minimum absolute atomic E-state index is 0.0264. The summed E-state index contributed by atoms with van der Waals surface area (Å²) in [7, 11) is 0. The second kappa shape index (κ2) is 8.45. The molecule has 5 heterocycles. The maximum absolute atomic E-state index is 15.0. The fourth-order valence-electron chi connectivity index (χ4n) is 4.85. The number of nitrogen functional groups attached to an aromatic ring is 1. The molecule has 9 nitrogen and oxygen atoms in total. The van der Waals surface area contributed by atoms with E-state index in [9.17, 15) is 13.6 Å². The number of hydrogen-bond donors (Lipinski definition) is 1. The number of tetrazole rings is 1. The number of aryl methyl sites for hydroxylation is 1. The molecule has 0 aliphatic carbocycles. The Bertz CT molecular complexity index is 1640. The fourth-order valence-corrected chi connectivity index (χ4v) is 5.02. The quantitative estimate of drug-likeness (QED) is 0.332. The van der Waals surface area contributed by atoms with Gasteiger partial charge in [0.05, 0.1) is 23.0 Å². The number of allylic oxidation sites excluding steroid dienone is 1. The minimum Gasteiger partial charge on any atom is -0.384 e. The number of benzene rings is 1. The highest BCUT2D eigenvalue weighted by Crippen LogP contribution is 2.40. The number of fused-ring (bicyclic) bond motifs is 1.